The Balaban J connectivity index is 2.57. The van der Waals surface area contributed by atoms with Crippen LogP contribution in [0.5, 0.6) is 0 Å². The van der Waals surface area contributed by atoms with E-state index < -0.39 is 0 Å². The number of hydrogen-bond acceptors (Lipinski definition) is 3. The van der Waals surface area contributed by atoms with Crippen molar-refractivity contribution in [3.63, 3.8) is 0 Å². The van der Waals surface area contributed by atoms with Crippen molar-refractivity contribution in [2.24, 2.45) is 0 Å². The molecule has 0 aliphatic rings. The van der Waals surface area contributed by atoms with Crippen LogP contribution in [-0.2, 0) is 0 Å². The lowest BCUT2D eigenvalue weighted by molar-refractivity contribution is 0.101. The number of thiazole rings is 1. The Bertz CT molecular complexity index is 543. The van der Waals surface area contributed by atoms with Gasteiger partial charge in [-0.3, -0.25) is 4.79 Å². The van der Waals surface area contributed by atoms with Crippen molar-refractivity contribution >= 4 is 17.1 Å². The standard InChI is InChI=1S/C13H13NOS/c1-8-6-4-5-7-11(8)12-10(3)16-13(14-12)9(2)15/h4-7H,1-3H3. The monoisotopic (exact) mass is 231 g/mol. The molecular formula is C13H13NOS. The summed E-state index contributed by atoms with van der Waals surface area (Å²) < 4.78 is 0. The SMILES string of the molecule is CC(=O)c1nc(-c2ccccc2C)c(C)s1. The van der Waals surface area contributed by atoms with Gasteiger partial charge >= 0.3 is 0 Å². The maximum Gasteiger partial charge on any atom is 0.188 e. The Morgan fingerprint density at radius 1 is 1.25 bits per heavy atom. The van der Waals surface area contributed by atoms with Gasteiger partial charge < -0.3 is 0 Å². The molecule has 0 fully saturated rings. The zero-order valence-electron chi connectivity index (χ0n) is 9.57. The van der Waals surface area contributed by atoms with Gasteiger partial charge in [-0.25, -0.2) is 4.98 Å². The van der Waals surface area contributed by atoms with Crippen LogP contribution in [0, 0.1) is 13.8 Å². The molecule has 0 aliphatic carbocycles. The fourth-order valence-electron chi connectivity index (χ4n) is 1.64. The van der Waals surface area contributed by atoms with E-state index >= 15 is 0 Å². The zero-order chi connectivity index (χ0) is 11.7. The molecule has 0 unspecified atom stereocenters. The molecule has 1 aromatic carbocycles. The Labute approximate surface area is 99.0 Å². The lowest BCUT2D eigenvalue weighted by Gasteiger charge is -2.02. The van der Waals surface area contributed by atoms with Crippen molar-refractivity contribution < 1.29 is 4.79 Å². The van der Waals surface area contributed by atoms with Gasteiger partial charge in [0.1, 0.15) is 0 Å². The first kappa shape index (κ1) is 11.0. The molecule has 1 aromatic heterocycles. The maximum absolute atomic E-state index is 11.3. The molecule has 0 atom stereocenters. The van der Waals surface area contributed by atoms with E-state index in [0.717, 1.165) is 16.1 Å². The third-order valence-corrected chi connectivity index (χ3v) is 3.57. The van der Waals surface area contributed by atoms with Crippen LogP contribution in [0.15, 0.2) is 24.3 Å². The summed E-state index contributed by atoms with van der Waals surface area (Å²) in [6.07, 6.45) is 0. The summed E-state index contributed by atoms with van der Waals surface area (Å²) in [5, 5.41) is 0.593. The Kier molecular flexibility index (Phi) is 2.88. The number of carbonyl (C=O) groups excluding carboxylic acids is 1. The van der Waals surface area contributed by atoms with Crippen LogP contribution >= 0.6 is 11.3 Å². The number of aromatic nitrogens is 1. The van der Waals surface area contributed by atoms with Gasteiger partial charge in [-0.05, 0) is 19.4 Å². The highest BCUT2D eigenvalue weighted by molar-refractivity contribution is 7.14. The molecule has 82 valence electrons. The fraction of sp³-hybridized carbons (Fsp3) is 0.231. The first-order valence-corrected chi connectivity index (χ1v) is 5.95. The molecule has 1 heterocycles. The summed E-state index contributed by atoms with van der Waals surface area (Å²) in [5.74, 6) is 0.0351. The molecule has 0 bridgehead atoms. The van der Waals surface area contributed by atoms with E-state index in [-0.39, 0.29) is 5.78 Å². The lowest BCUT2D eigenvalue weighted by atomic mass is 10.1. The minimum absolute atomic E-state index is 0.0351. The third kappa shape index (κ3) is 1.91. The quantitative estimate of drug-likeness (QED) is 0.739. The van der Waals surface area contributed by atoms with Gasteiger partial charge in [0.05, 0.1) is 5.69 Å². The second-order valence-electron chi connectivity index (χ2n) is 3.79. The van der Waals surface area contributed by atoms with Crippen molar-refractivity contribution in [2.75, 3.05) is 0 Å². The summed E-state index contributed by atoms with van der Waals surface area (Å²) in [7, 11) is 0. The van der Waals surface area contributed by atoms with Crippen LogP contribution in [0.2, 0.25) is 0 Å². The van der Waals surface area contributed by atoms with Gasteiger partial charge in [-0.15, -0.1) is 11.3 Å². The molecule has 2 aromatic rings. The highest BCUT2D eigenvalue weighted by Crippen LogP contribution is 2.29. The van der Waals surface area contributed by atoms with Gasteiger partial charge in [0.2, 0.25) is 0 Å². The molecule has 2 rings (SSSR count). The van der Waals surface area contributed by atoms with E-state index in [1.54, 1.807) is 6.92 Å². The zero-order valence-corrected chi connectivity index (χ0v) is 10.4. The highest BCUT2D eigenvalue weighted by atomic mass is 32.1. The molecule has 0 amide bonds. The van der Waals surface area contributed by atoms with E-state index in [9.17, 15) is 4.79 Å². The fourth-order valence-corrected chi connectivity index (χ4v) is 2.46. The van der Waals surface area contributed by atoms with Crippen LogP contribution in [0.25, 0.3) is 11.3 Å². The molecule has 0 radical (unpaired) electrons. The van der Waals surface area contributed by atoms with Gasteiger partial charge in [-0.1, -0.05) is 24.3 Å². The van der Waals surface area contributed by atoms with Crippen molar-refractivity contribution in [1.82, 2.24) is 4.98 Å². The summed E-state index contributed by atoms with van der Waals surface area (Å²) in [6.45, 7) is 5.62. The topological polar surface area (TPSA) is 30.0 Å². The van der Waals surface area contributed by atoms with Crippen LogP contribution in [0.3, 0.4) is 0 Å². The second kappa shape index (κ2) is 4.18. The molecule has 16 heavy (non-hydrogen) atoms. The van der Waals surface area contributed by atoms with Crippen LogP contribution in [-0.4, -0.2) is 10.8 Å². The first-order chi connectivity index (χ1) is 7.59. The number of Topliss-reactive ketones (excluding diaryl/α,β-unsaturated/α-hetero) is 1. The van der Waals surface area contributed by atoms with Crippen LogP contribution in [0.1, 0.15) is 27.2 Å². The smallest absolute Gasteiger partial charge is 0.188 e. The van der Waals surface area contributed by atoms with E-state index in [1.165, 1.54) is 16.9 Å². The summed E-state index contributed by atoms with van der Waals surface area (Å²) in [4.78, 5) is 16.8. The van der Waals surface area contributed by atoms with Crippen molar-refractivity contribution in [3.05, 3.63) is 39.7 Å². The predicted octanol–water partition coefficient (Wildman–Crippen LogP) is 3.63. The van der Waals surface area contributed by atoms with Crippen LogP contribution in [0.4, 0.5) is 0 Å². The lowest BCUT2D eigenvalue weighted by Crippen LogP contribution is -1.90. The summed E-state index contributed by atoms with van der Waals surface area (Å²) >= 11 is 1.47. The molecule has 2 nitrogen and oxygen atoms in total. The summed E-state index contributed by atoms with van der Waals surface area (Å²) in [6, 6.07) is 8.10. The molecule has 0 saturated carbocycles. The molecule has 0 aliphatic heterocycles. The van der Waals surface area contributed by atoms with E-state index in [1.807, 2.05) is 25.1 Å². The van der Waals surface area contributed by atoms with Gasteiger partial charge in [0, 0.05) is 17.4 Å². The maximum atomic E-state index is 11.3. The molecule has 3 heteroatoms. The number of rotatable bonds is 2. The van der Waals surface area contributed by atoms with E-state index in [0.29, 0.717) is 5.01 Å². The largest absolute Gasteiger partial charge is 0.292 e. The van der Waals surface area contributed by atoms with Crippen LogP contribution < -0.4 is 0 Å². The van der Waals surface area contributed by atoms with E-state index in [4.69, 9.17) is 0 Å². The second-order valence-corrected chi connectivity index (χ2v) is 5.00. The normalized spacial score (nSPS) is 10.4. The van der Waals surface area contributed by atoms with E-state index in [2.05, 4.69) is 18.0 Å². The predicted molar refractivity (Wildman–Crippen MR) is 67.0 cm³/mol. The number of hydrogen-bond donors (Lipinski definition) is 0. The molecule has 0 N–H and O–H groups in total. The minimum atomic E-state index is 0.0351. The molecule has 0 spiro atoms. The van der Waals surface area contributed by atoms with Crippen molar-refractivity contribution in [2.45, 2.75) is 20.8 Å². The summed E-state index contributed by atoms with van der Waals surface area (Å²) in [5.41, 5.74) is 3.24. The Morgan fingerprint density at radius 2 is 1.94 bits per heavy atom. The first-order valence-electron chi connectivity index (χ1n) is 5.14. The third-order valence-electron chi connectivity index (χ3n) is 2.50. The van der Waals surface area contributed by atoms with Crippen molar-refractivity contribution in [3.8, 4) is 11.3 Å². The van der Waals surface area contributed by atoms with Crippen molar-refractivity contribution in [1.29, 1.82) is 0 Å². The number of aryl methyl sites for hydroxylation is 2. The Hall–Kier alpha value is -1.48. The average Bonchev–Trinajstić information content (AvgIpc) is 2.61. The Morgan fingerprint density at radius 3 is 2.50 bits per heavy atom. The molecular weight excluding hydrogens is 218 g/mol. The number of nitrogens with zero attached hydrogens (tertiary/aromatic N) is 1. The van der Waals surface area contributed by atoms with Gasteiger partial charge in [-0.2, -0.15) is 0 Å². The number of ketones is 1. The van der Waals surface area contributed by atoms with Gasteiger partial charge in [0.15, 0.2) is 10.8 Å². The highest BCUT2D eigenvalue weighted by Gasteiger charge is 2.13. The number of benzene rings is 1. The molecule has 0 saturated heterocycles. The minimum Gasteiger partial charge on any atom is -0.292 e. The number of carbonyl (C=O) groups is 1. The average molecular weight is 231 g/mol. The van der Waals surface area contributed by atoms with Gasteiger partial charge in [0.25, 0.3) is 0 Å².